The van der Waals surface area contributed by atoms with Crippen molar-refractivity contribution in [1.29, 1.82) is 0 Å². The molecule has 0 aliphatic heterocycles. The molecular formula is C52H30N4OS. The molecule has 0 saturated heterocycles. The lowest BCUT2D eigenvalue weighted by Crippen LogP contribution is -2.00. The zero-order valence-electron chi connectivity index (χ0n) is 30.9. The molecule has 0 saturated carbocycles. The molecule has 8 aromatic carbocycles. The van der Waals surface area contributed by atoms with Crippen LogP contribution in [0, 0.1) is 0 Å². The van der Waals surface area contributed by atoms with Crippen LogP contribution in [-0.4, -0.2) is 19.9 Å². The van der Waals surface area contributed by atoms with Gasteiger partial charge in [0.2, 0.25) is 0 Å². The lowest BCUT2D eigenvalue weighted by Gasteiger charge is -2.11. The predicted molar refractivity (Wildman–Crippen MR) is 240 cm³/mol. The number of nitrogens with zero attached hydrogens (tertiary/aromatic N) is 4. The number of thiophene rings is 1. The first-order chi connectivity index (χ1) is 28.7. The minimum absolute atomic E-state index is 0.593. The van der Waals surface area contributed by atoms with Crippen molar-refractivity contribution in [2.45, 2.75) is 0 Å². The van der Waals surface area contributed by atoms with Crippen molar-refractivity contribution >= 4 is 75.1 Å². The van der Waals surface area contributed by atoms with Crippen LogP contribution in [0.1, 0.15) is 0 Å². The van der Waals surface area contributed by atoms with Gasteiger partial charge < -0.3 is 4.42 Å². The van der Waals surface area contributed by atoms with Crippen LogP contribution in [0.4, 0.5) is 0 Å². The quantitative estimate of drug-likeness (QED) is 0.164. The molecule has 0 fully saturated rings. The van der Waals surface area contributed by atoms with E-state index in [2.05, 4.69) is 127 Å². The second-order valence-electron chi connectivity index (χ2n) is 14.6. The second-order valence-corrected chi connectivity index (χ2v) is 15.6. The van der Waals surface area contributed by atoms with E-state index in [0.717, 1.165) is 61.0 Å². The van der Waals surface area contributed by atoms with Crippen LogP contribution in [0.2, 0.25) is 0 Å². The average molecular weight is 759 g/mol. The van der Waals surface area contributed by atoms with Crippen LogP contribution in [-0.2, 0) is 0 Å². The molecule has 12 aromatic rings. The number of para-hydroxylation sites is 2. The van der Waals surface area contributed by atoms with Gasteiger partial charge >= 0.3 is 0 Å². The van der Waals surface area contributed by atoms with E-state index in [1.165, 1.54) is 41.9 Å². The normalized spacial score (nSPS) is 11.8. The summed E-state index contributed by atoms with van der Waals surface area (Å²) < 4.78 is 8.78. The molecule has 0 aliphatic carbocycles. The third-order valence-electron chi connectivity index (χ3n) is 11.1. The van der Waals surface area contributed by atoms with Gasteiger partial charge in [0.05, 0.1) is 11.2 Å². The summed E-state index contributed by atoms with van der Waals surface area (Å²) in [6, 6.07) is 63.2. The Kier molecular flexibility index (Phi) is 7.33. The van der Waals surface area contributed by atoms with Gasteiger partial charge in [0.1, 0.15) is 11.2 Å². The molecule has 0 N–H and O–H groups in total. The van der Waals surface area contributed by atoms with Gasteiger partial charge in [0, 0.05) is 69.4 Å². The molecule has 6 heteroatoms. The summed E-state index contributed by atoms with van der Waals surface area (Å²) in [4.78, 5) is 20.2. The summed E-state index contributed by atoms with van der Waals surface area (Å²) in [6.07, 6.45) is 0. The number of fused-ring (bicyclic) bond motifs is 10. The number of rotatable bonds is 5. The summed E-state index contributed by atoms with van der Waals surface area (Å²) in [5.74, 6) is 1.83. The highest BCUT2D eigenvalue weighted by Crippen LogP contribution is 2.46. The zero-order valence-corrected chi connectivity index (χ0v) is 31.7. The smallest absolute Gasteiger partial charge is 0.164 e. The second kappa shape index (κ2) is 13.0. The Bertz CT molecular complexity index is 3560. The number of benzene rings is 8. The van der Waals surface area contributed by atoms with E-state index in [9.17, 15) is 0 Å². The maximum Gasteiger partial charge on any atom is 0.164 e. The largest absolute Gasteiger partial charge is 0.456 e. The van der Waals surface area contributed by atoms with Gasteiger partial charge in [-0.05, 0) is 35.4 Å². The highest BCUT2D eigenvalue weighted by molar-refractivity contribution is 7.27. The standard InChI is InChI=1S/C52H30N4OS/c1-3-12-32(13-4-1)47-42-29-28-40-39-19-11-18-36(48(39)58-49(40)46(42)41-17-7-9-20-43(41)53-47)31-22-24-34(25-23-31)51-54-50(33-14-5-2-6-15-33)55-52(56-51)35-26-27-38-37-16-8-10-21-44(37)57-45(38)30-35/h1-30H. The molecule has 12 rings (SSSR count). The molecule has 0 aliphatic rings. The van der Waals surface area contributed by atoms with Gasteiger partial charge in [-0.3, -0.25) is 0 Å². The molecule has 0 atom stereocenters. The summed E-state index contributed by atoms with van der Waals surface area (Å²) in [7, 11) is 0. The van der Waals surface area contributed by atoms with Gasteiger partial charge in [-0.15, -0.1) is 11.3 Å². The van der Waals surface area contributed by atoms with Crippen molar-refractivity contribution in [2.24, 2.45) is 0 Å². The van der Waals surface area contributed by atoms with E-state index in [0.29, 0.717) is 17.5 Å². The Morgan fingerprint density at radius 3 is 1.69 bits per heavy atom. The first-order valence-corrected chi connectivity index (χ1v) is 20.1. The van der Waals surface area contributed by atoms with Crippen LogP contribution in [0.25, 0.3) is 120 Å². The molecule has 270 valence electrons. The Morgan fingerprint density at radius 1 is 0.345 bits per heavy atom. The lowest BCUT2D eigenvalue weighted by atomic mass is 9.97. The van der Waals surface area contributed by atoms with E-state index in [1.54, 1.807) is 0 Å². The number of hydrogen-bond donors (Lipinski definition) is 0. The first-order valence-electron chi connectivity index (χ1n) is 19.3. The number of pyridine rings is 1. The van der Waals surface area contributed by atoms with Crippen molar-refractivity contribution in [3.63, 3.8) is 0 Å². The fraction of sp³-hybridized carbons (Fsp3) is 0. The summed E-state index contributed by atoms with van der Waals surface area (Å²) in [6.45, 7) is 0. The van der Waals surface area contributed by atoms with Gasteiger partial charge in [-0.1, -0.05) is 158 Å². The third-order valence-corrected chi connectivity index (χ3v) is 12.4. The Balaban J connectivity index is 0.987. The number of hydrogen-bond acceptors (Lipinski definition) is 6. The van der Waals surface area contributed by atoms with Crippen molar-refractivity contribution in [1.82, 2.24) is 19.9 Å². The molecule has 4 heterocycles. The summed E-state index contributed by atoms with van der Waals surface area (Å²) in [5, 5.41) is 8.26. The number of aromatic nitrogens is 4. The van der Waals surface area contributed by atoms with Crippen LogP contribution in [0.5, 0.6) is 0 Å². The molecular weight excluding hydrogens is 729 g/mol. The van der Waals surface area contributed by atoms with Gasteiger partial charge in [0.25, 0.3) is 0 Å². The summed E-state index contributed by atoms with van der Waals surface area (Å²) >= 11 is 1.86. The van der Waals surface area contributed by atoms with Gasteiger partial charge in [-0.2, -0.15) is 0 Å². The number of furan rings is 1. The van der Waals surface area contributed by atoms with E-state index < -0.39 is 0 Å². The van der Waals surface area contributed by atoms with E-state index in [-0.39, 0.29) is 0 Å². The van der Waals surface area contributed by atoms with Crippen molar-refractivity contribution < 1.29 is 4.42 Å². The molecule has 0 unspecified atom stereocenters. The van der Waals surface area contributed by atoms with Crippen molar-refractivity contribution in [2.75, 3.05) is 0 Å². The minimum Gasteiger partial charge on any atom is -0.456 e. The molecule has 58 heavy (non-hydrogen) atoms. The molecule has 0 bridgehead atoms. The minimum atomic E-state index is 0.593. The predicted octanol–water partition coefficient (Wildman–Crippen LogP) is 14.2. The fourth-order valence-corrected chi connectivity index (χ4v) is 9.75. The van der Waals surface area contributed by atoms with Crippen LogP contribution in [0.3, 0.4) is 0 Å². The maximum atomic E-state index is 6.24. The van der Waals surface area contributed by atoms with Crippen LogP contribution >= 0.6 is 11.3 Å². The maximum absolute atomic E-state index is 6.24. The van der Waals surface area contributed by atoms with E-state index in [4.69, 9.17) is 24.4 Å². The van der Waals surface area contributed by atoms with Crippen molar-refractivity contribution in [3.05, 3.63) is 182 Å². The first kappa shape index (κ1) is 32.7. The van der Waals surface area contributed by atoms with Crippen molar-refractivity contribution in [3.8, 4) is 56.5 Å². The van der Waals surface area contributed by atoms with E-state index in [1.807, 2.05) is 65.9 Å². The Labute approximate surface area is 336 Å². The van der Waals surface area contributed by atoms with Gasteiger partial charge in [0.15, 0.2) is 17.5 Å². The Hall–Kier alpha value is -7.54. The lowest BCUT2D eigenvalue weighted by molar-refractivity contribution is 0.669. The third kappa shape index (κ3) is 5.23. The SMILES string of the molecule is c1ccc(-c2nc(-c3ccc(-c4cccc5c4sc4c5ccc5c(-c6ccccc6)nc6ccccc6c54)cc3)nc(-c3ccc4c(c3)oc3ccccc34)n2)cc1. The average Bonchev–Trinajstić information content (AvgIpc) is 3.87. The highest BCUT2D eigenvalue weighted by atomic mass is 32.1. The molecule has 0 radical (unpaired) electrons. The van der Waals surface area contributed by atoms with Gasteiger partial charge in [-0.25, -0.2) is 19.9 Å². The highest BCUT2D eigenvalue weighted by Gasteiger charge is 2.19. The topological polar surface area (TPSA) is 64.7 Å². The zero-order chi connectivity index (χ0) is 38.2. The summed E-state index contributed by atoms with van der Waals surface area (Å²) in [5.41, 5.74) is 9.83. The monoisotopic (exact) mass is 758 g/mol. The molecule has 0 spiro atoms. The fourth-order valence-electron chi connectivity index (χ4n) is 8.35. The molecule has 0 amide bonds. The van der Waals surface area contributed by atoms with E-state index >= 15 is 0 Å². The molecule has 4 aromatic heterocycles. The van der Waals surface area contributed by atoms with Crippen LogP contribution < -0.4 is 0 Å². The Morgan fingerprint density at radius 2 is 0.897 bits per heavy atom. The van der Waals surface area contributed by atoms with Crippen LogP contribution in [0.15, 0.2) is 186 Å². The molecule has 5 nitrogen and oxygen atoms in total.